The molecule has 0 spiro atoms. The van der Waals surface area contributed by atoms with Crippen molar-refractivity contribution in [3.05, 3.63) is 36.4 Å². The minimum atomic E-state index is -3.68. The number of carbonyl (C=O) groups excluding carboxylic acids is 1. The van der Waals surface area contributed by atoms with E-state index in [9.17, 15) is 13.2 Å². The Kier molecular flexibility index (Phi) is 5.03. The summed E-state index contributed by atoms with van der Waals surface area (Å²) >= 11 is 0. The van der Waals surface area contributed by atoms with Gasteiger partial charge in [0, 0.05) is 43.0 Å². The molecule has 2 rings (SSSR count). The summed E-state index contributed by atoms with van der Waals surface area (Å²) in [4.78, 5) is 11.5. The molecule has 0 saturated carbocycles. The lowest BCUT2D eigenvalue weighted by molar-refractivity contribution is -0.114. The van der Waals surface area contributed by atoms with Crippen LogP contribution < -0.4 is 11.1 Å². The fraction of sp³-hybridized carbons (Fsp3) is 0.312. The molecule has 23 heavy (non-hydrogen) atoms. The zero-order chi connectivity index (χ0) is 17.2. The van der Waals surface area contributed by atoms with E-state index < -0.39 is 10.0 Å². The summed E-state index contributed by atoms with van der Waals surface area (Å²) in [7, 11) is -2.16. The highest BCUT2D eigenvalue weighted by atomic mass is 32.2. The van der Waals surface area contributed by atoms with E-state index in [1.807, 2.05) is 0 Å². The third kappa shape index (κ3) is 3.36. The highest BCUT2D eigenvalue weighted by Gasteiger charge is 2.26. The number of carbonyl (C=O) groups is 1. The third-order valence-electron chi connectivity index (χ3n) is 3.81. The summed E-state index contributed by atoms with van der Waals surface area (Å²) in [6.07, 6.45) is 0. The first-order valence-electron chi connectivity index (χ1n) is 7.26. The quantitative estimate of drug-likeness (QED) is 0.871. The van der Waals surface area contributed by atoms with E-state index in [4.69, 9.17) is 5.73 Å². The van der Waals surface area contributed by atoms with Gasteiger partial charge in [0.25, 0.3) is 0 Å². The van der Waals surface area contributed by atoms with Crippen LogP contribution in [0.1, 0.15) is 13.8 Å². The van der Waals surface area contributed by atoms with Crippen molar-refractivity contribution >= 4 is 32.4 Å². The van der Waals surface area contributed by atoms with Gasteiger partial charge in [0.1, 0.15) is 0 Å². The molecule has 0 heterocycles. The molecule has 1 amide bonds. The van der Waals surface area contributed by atoms with Crippen molar-refractivity contribution in [1.29, 1.82) is 0 Å². The van der Waals surface area contributed by atoms with Gasteiger partial charge in [-0.25, -0.2) is 8.42 Å². The lowest BCUT2D eigenvalue weighted by Crippen LogP contribution is -2.39. The van der Waals surface area contributed by atoms with Crippen LogP contribution in [0.2, 0.25) is 0 Å². The van der Waals surface area contributed by atoms with Crippen LogP contribution in [0, 0.1) is 0 Å². The number of hydrogen-bond donors (Lipinski definition) is 2. The van der Waals surface area contributed by atoms with Gasteiger partial charge in [-0.05, 0) is 19.1 Å². The van der Waals surface area contributed by atoms with Crippen molar-refractivity contribution in [3.63, 3.8) is 0 Å². The molecule has 6 nitrogen and oxygen atoms in total. The molecule has 2 aromatic rings. The Balaban J connectivity index is 2.66. The minimum Gasteiger partial charge on any atom is -0.329 e. The highest BCUT2D eigenvalue weighted by Crippen LogP contribution is 2.31. The molecule has 0 aliphatic rings. The molecule has 0 bridgehead atoms. The lowest BCUT2D eigenvalue weighted by atomic mass is 10.1. The Hall–Kier alpha value is -1.96. The number of rotatable bonds is 5. The van der Waals surface area contributed by atoms with Crippen molar-refractivity contribution in [2.24, 2.45) is 5.73 Å². The number of nitrogens with one attached hydrogen (secondary N) is 1. The Morgan fingerprint density at radius 2 is 1.83 bits per heavy atom. The van der Waals surface area contributed by atoms with Crippen LogP contribution in [-0.4, -0.2) is 38.3 Å². The molecule has 7 heteroatoms. The first-order valence-corrected chi connectivity index (χ1v) is 8.70. The fourth-order valence-electron chi connectivity index (χ4n) is 2.34. The van der Waals surface area contributed by atoms with Crippen molar-refractivity contribution in [2.45, 2.75) is 24.8 Å². The fourth-order valence-corrected chi connectivity index (χ4v) is 3.90. The normalized spacial score (nSPS) is 13.3. The molecular formula is C16H21N3O3S. The predicted octanol–water partition coefficient (Wildman–Crippen LogP) is 1.77. The summed E-state index contributed by atoms with van der Waals surface area (Å²) in [5.41, 5.74) is 6.17. The van der Waals surface area contributed by atoms with Gasteiger partial charge in [0.2, 0.25) is 15.9 Å². The predicted molar refractivity (Wildman–Crippen MR) is 91.7 cm³/mol. The summed E-state index contributed by atoms with van der Waals surface area (Å²) in [5, 5.41) is 3.97. The van der Waals surface area contributed by atoms with E-state index in [2.05, 4.69) is 5.32 Å². The molecule has 0 aliphatic heterocycles. The second-order valence-corrected chi connectivity index (χ2v) is 7.41. The average molecular weight is 335 g/mol. The minimum absolute atomic E-state index is 0.199. The maximum Gasteiger partial charge on any atom is 0.243 e. The zero-order valence-corrected chi connectivity index (χ0v) is 14.2. The number of amides is 1. The van der Waals surface area contributed by atoms with Gasteiger partial charge in [-0.2, -0.15) is 4.31 Å². The Labute approximate surface area is 136 Å². The number of nitrogens with two attached hydrogens (primary N) is 1. The van der Waals surface area contributed by atoms with E-state index in [1.165, 1.54) is 24.3 Å². The largest absolute Gasteiger partial charge is 0.329 e. The monoisotopic (exact) mass is 335 g/mol. The molecule has 124 valence electrons. The summed E-state index contributed by atoms with van der Waals surface area (Å²) < 4.78 is 27.0. The molecule has 3 N–H and O–H groups in total. The maximum atomic E-state index is 12.9. The number of nitrogens with zero attached hydrogens (tertiary/aromatic N) is 1. The molecule has 2 aromatic carbocycles. The standard InChI is InChI=1S/C16H21N3O3S/c1-11(10-17)19(3)23(21,22)16-9-8-15(18-12(2)20)13-6-4-5-7-14(13)16/h4-9,11H,10,17H2,1-3H3,(H,18,20). The molecular weight excluding hydrogens is 314 g/mol. The highest BCUT2D eigenvalue weighted by molar-refractivity contribution is 7.89. The molecule has 0 aromatic heterocycles. The molecule has 1 atom stereocenters. The Morgan fingerprint density at radius 1 is 1.22 bits per heavy atom. The van der Waals surface area contributed by atoms with Gasteiger partial charge in [0.05, 0.1) is 4.90 Å². The SMILES string of the molecule is CC(=O)Nc1ccc(S(=O)(=O)N(C)C(C)CN)c2ccccc12. The number of likely N-dealkylation sites (N-methyl/N-ethyl adjacent to an activating group) is 1. The van der Waals surface area contributed by atoms with Gasteiger partial charge < -0.3 is 11.1 Å². The number of fused-ring (bicyclic) bond motifs is 1. The van der Waals surface area contributed by atoms with Crippen molar-refractivity contribution in [3.8, 4) is 0 Å². The topological polar surface area (TPSA) is 92.5 Å². The van der Waals surface area contributed by atoms with Crippen LogP contribution in [0.3, 0.4) is 0 Å². The van der Waals surface area contributed by atoms with Gasteiger partial charge in [-0.3, -0.25) is 4.79 Å². The van der Waals surface area contributed by atoms with E-state index in [-0.39, 0.29) is 23.4 Å². The van der Waals surface area contributed by atoms with Crippen molar-refractivity contribution in [1.82, 2.24) is 4.31 Å². The van der Waals surface area contributed by atoms with Gasteiger partial charge >= 0.3 is 0 Å². The van der Waals surface area contributed by atoms with E-state index in [0.717, 1.165) is 0 Å². The van der Waals surface area contributed by atoms with Crippen molar-refractivity contribution < 1.29 is 13.2 Å². The number of benzene rings is 2. The van der Waals surface area contributed by atoms with Crippen LogP contribution in [0.4, 0.5) is 5.69 Å². The van der Waals surface area contributed by atoms with Crippen molar-refractivity contribution in [2.75, 3.05) is 18.9 Å². The first-order chi connectivity index (χ1) is 10.8. The smallest absolute Gasteiger partial charge is 0.243 e. The van der Waals surface area contributed by atoms with Crippen LogP contribution in [0.5, 0.6) is 0 Å². The van der Waals surface area contributed by atoms with E-state index in [0.29, 0.717) is 16.5 Å². The van der Waals surface area contributed by atoms with Crippen LogP contribution in [-0.2, 0) is 14.8 Å². The lowest BCUT2D eigenvalue weighted by Gasteiger charge is -2.24. The average Bonchev–Trinajstić information content (AvgIpc) is 2.53. The summed E-state index contributed by atoms with van der Waals surface area (Å²) in [6, 6.07) is 9.90. The number of hydrogen-bond acceptors (Lipinski definition) is 4. The van der Waals surface area contributed by atoms with E-state index in [1.54, 1.807) is 37.3 Å². The van der Waals surface area contributed by atoms with Crippen LogP contribution in [0.15, 0.2) is 41.3 Å². The second-order valence-electron chi connectivity index (χ2n) is 5.44. The van der Waals surface area contributed by atoms with Crippen LogP contribution in [0.25, 0.3) is 10.8 Å². The summed E-state index contributed by atoms with van der Waals surface area (Å²) in [5.74, 6) is -0.209. The number of anilines is 1. The Bertz CT molecular complexity index is 834. The van der Waals surface area contributed by atoms with E-state index >= 15 is 0 Å². The molecule has 0 radical (unpaired) electrons. The summed E-state index contributed by atoms with van der Waals surface area (Å²) in [6.45, 7) is 3.40. The molecule has 0 saturated heterocycles. The van der Waals surface area contributed by atoms with Gasteiger partial charge in [0.15, 0.2) is 0 Å². The molecule has 0 aliphatic carbocycles. The van der Waals surface area contributed by atoms with Gasteiger partial charge in [-0.15, -0.1) is 0 Å². The Morgan fingerprint density at radius 3 is 2.39 bits per heavy atom. The van der Waals surface area contributed by atoms with Gasteiger partial charge in [-0.1, -0.05) is 24.3 Å². The maximum absolute atomic E-state index is 12.9. The molecule has 1 unspecified atom stereocenters. The first kappa shape index (κ1) is 17.4. The molecule has 0 fully saturated rings. The van der Waals surface area contributed by atoms with Crippen LogP contribution >= 0.6 is 0 Å². The zero-order valence-electron chi connectivity index (χ0n) is 13.4. The third-order valence-corrected chi connectivity index (χ3v) is 5.84. The number of sulfonamides is 1. The second kappa shape index (κ2) is 6.66.